The molecule has 0 bridgehead atoms. The molecular weight excluding hydrogens is 378 g/mol. The average Bonchev–Trinajstić information content (AvgIpc) is 2.78. The van der Waals surface area contributed by atoms with E-state index >= 15 is 0 Å². The highest BCUT2D eigenvalue weighted by Gasteiger charge is 1.99. The lowest BCUT2D eigenvalue weighted by atomic mass is 10.0. The molecule has 1 N–H and O–H groups in total. The van der Waals surface area contributed by atoms with Crippen LogP contribution in [0.4, 0.5) is 5.69 Å². The molecule has 1 aromatic rings. The SMILES string of the molecule is CCCCCCCCC=CC(=O)Nc1ccc(CCCCCCCCCCCC)cc1. The third-order valence-corrected chi connectivity index (χ3v) is 6.03. The molecule has 0 heterocycles. The summed E-state index contributed by atoms with van der Waals surface area (Å²) in [5, 5.41) is 2.97. The lowest BCUT2D eigenvalue weighted by Gasteiger charge is -2.06. The van der Waals surface area contributed by atoms with E-state index in [1.54, 1.807) is 6.08 Å². The van der Waals surface area contributed by atoms with Crippen LogP contribution in [0.3, 0.4) is 0 Å². The van der Waals surface area contributed by atoms with Crippen molar-refractivity contribution in [3.63, 3.8) is 0 Å². The molecule has 176 valence electrons. The van der Waals surface area contributed by atoms with Crippen LogP contribution in [0.25, 0.3) is 0 Å². The van der Waals surface area contributed by atoms with Crippen LogP contribution >= 0.6 is 0 Å². The van der Waals surface area contributed by atoms with Gasteiger partial charge in [0, 0.05) is 5.69 Å². The Hall–Kier alpha value is -1.57. The largest absolute Gasteiger partial charge is 0.323 e. The Balaban J connectivity index is 2.06. The highest BCUT2D eigenvalue weighted by atomic mass is 16.1. The Morgan fingerprint density at radius 1 is 0.677 bits per heavy atom. The molecule has 0 radical (unpaired) electrons. The van der Waals surface area contributed by atoms with E-state index in [4.69, 9.17) is 0 Å². The van der Waals surface area contributed by atoms with Crippen molar-refractivity contribution in [2.45, 2.75) is 129 Å². The number of amides is 1. The number of hydrogen-bond donors (Lipinski definition) is 1. The van der Waals surface area contributed by atoms with E-state index in [9.17, 15) is 4.79 Å². The first-order valence-corrected chi connectivity index (χ1v) is 13.3. The molecule has 0 saturated carbocycles. The maximum Gasteiger partial charge on any atom is 0.248 e. The van der Waals surface area contributed by atoms with E-state index in [1.807, 2.05) is 18.2 Å². The van der Waals surface area contributed by atoms with Gasteiger partial charge >= 0.3 is 0 Å². The zero-order valence-corrected chi connectivity index (χ0v) is 20.6. The van der Waals surface area contributed by atoms with Gasteiger partial charge < -0.3 is 5.32 Å². The van der Waals surface area contributed by atoms with Crippen LogP contribution < -0.4 is 5.32 Å². The van der Waals surface area contributed by atoms with E-state index in [1.165, 1.54) is 108 Å². The number of aryl methyl sites for hydroxylation is 1. The van der Waals surface area contributed by atoms with Crippen molar-refractivity contribution in [2.24, 2.45) is 0 Å². The van der Waals surface area contributed by atoms with Crippen molar-refractivity contribution in [1.29, 1.82) is 0 Å². The molecule has 0 fully saturated rings. The molecule has 1 aromatic carbocycles. The second-order valence-electron chi connectivity index (χ2n) is 9.08. The summed E-state index contributed by atoms with van der Waals surface area (Å²) in [5.41, 5.74) is 2.26. The van der Waals surface area contributed by atoms with Crippen molar-refractivity contribution in [3.8, 4) is 0 Å². The summed E-state index contributed by atoms with van der Waals surface area (Å²) in [6.07, 6.45) is 27.3. The molecule has 0 atom stereocenters. The Labute approximate surface area is 193 Å². The Kier molecular flexibility index (Phi) is 18.0. The molecule has 31 heavy (non-hydrogen) atoms. The fourth-order valence-corrected chi connectivity index (χ4v) is 3.99. The van der Waals surface area contributed by atoms with E-state index < -0.39 is 0 Å². The summed E-state index contributed by atoms with van der Waals surface area (Å²) in [6.45, 7) is 4.52. The van der Waals surface area contributed by atoms with E-state index in [2.05, 4.69) is 31.3 Å². The maximum atomic E-state index is 12.0. The van der Waals surface area contributed by atoms with Crippen LogP contribution in [0.15, 0.2) is 36.4 Å². The number of hydrogen-bond acceptors (Lipinski definition) is 1. The number of allylic oxidation sites excluding steroid dienone is 1. The van der Waals surface area contributed by atoms with Gasteiger partial charge in [-0.1, -0.05) is 122 Å². The van der Waals surface area contributed by atoms with Crippen molar-refractivity contribution in [1.82, 2.24) is 0 Å². The number of nitrogens with one attached hydrogen (secondary N) is 1. The maximum absolute atomic E-state index is 12.0. The molecular formula is C29H49NO. The van der Waals surface area contributed by atoms with Gasteiger partial charge in [0.2, 0.25) is 5.91 Å². The van der Waals surface area contributed by atoms with Gasteiger partial charge in [-0.25, -0.2) is 0 Å². The Morgan fingerprint density at radius 2 is 1.16 bits per heavy atom. The number of unbranched alkanes of at least 4 members (excludes halogenated alkanes) is 15. The highest BCUT2D eigenvalue weighted by molar-refractivity contribution is 5.99. The lowest BCUT2D eigenvalue weighted by Crippen LogP contribution is -2.07. The van der Waals surface area contributed by atoms with Crippen LogP contribution in [-0.2, 0) is 11.2 Å². The monoisotopic (exact) mass is 427 g/mol. The fourth-order valence-electron chi connectivity index (χ4n) is 3.99. The van der Waals surface area contributed by atoms with Gasteiger partial charge in [-0.3, -0.25) is 4.79 Å². The third kappa shape index (κ3) is 16.8. The van der Waals surface area contributed by atoms with E-state index in [0.29, 0.717) is 0 Å². The standard InChI is InChI=1S/C29H49NO/c1-3-5-7-9-11-13-14-15-17-19-21-27-23-25-28(26-24-27)30-29(31)22-20-18-16-12-10-8-6-4-2/h20,22-26H,3-19,21H2,1-2H3,(H,30,31). The van der Waals surface area contributed by atoms with Crippen LogP contribution in [0.2, 0.25) is 0 Å². The molecule has 0 aliphatic rings. The lowest BCUT2D eigenvalue weighted by molar-refractivity contribution is -0.111. The molecule has 1 rings (SSSR count). The van der Waals surface area contributed by atoms with Crippen LogP contribution in [-0.4, -0.2) is 5.91 Å². The molecule has 0 aromatic heterocycles. The van der Waals surface area contributed by atoms with Crippen LogP contribution in [0.5, 0.6) is 0 Å². The number of benzene rings is 1. The summed E-state index contributed by atoms with van der Waals surface area (Å²) in [7, 11) is 0. The molecule has 0 saturated heterocycles. The smallest absolute Gasteiger partial charge is 0.248 e. The number of carbonyl (C=O) groups is 1. The minimum Gasteiger partial charge on any atom is -0.323 e. The second kappa shape index (κ2) is 20.3. The first-order valence-electron chi connectivity index (χ1n) is 13.3. The average molecular weight is 428 g/mol. The third-order valence-electron chi connectivity index (χ3n) is 6.03. The molecule has 1 amide bonds. The zero-order valence-electron chi connectivity index (χ0n) is 20.6. The molecule has 0 aliphatic carbocycles. The van der Waals surface area contributed by atoms with Crippen molar-refractivity contribution in [2.75, 3.05) is 5.32 Å². The zero-order chi connectivity index (χ0) is 22.4. The summed E-state index contributed by atoms with van der Waals surface area (Å²) in [4.78, 5) is 12.0. The number of carbonyl (C=O) groups excluding carboxylic acids is 1. The summed E-state index contributed by atoms with van der Waals surface area (Å²) < 4.78 is 0. The Morgan fingerprint density at radius 3 is 1.71 bits per heavy atom. The molecule has 2 heteroatoms. The Bertz CT molecular complexity index is 561. The van der Waals surface area contributed by atoms with E-state index in [-0.39, 0.29) is 5.91 Å². The van der Waals surface area contributed by atoms with Gasteiger partial charge in [0.05, 0.1) is 0 Å². The highest BCUT2D eigenvalue weighted by Crippen LogP contribution is 2.15. The van der Waals surface area contributed by atoms with Gasteiger partial charge in [0.15, 0.2) is 0 Å². The number of anilines is 1. The van der Waals surface area contributed by atoms with Crippen LogP contribution in [0.1, 0.15) is 129 Å². The van der Waals surface area contributed by atoms with Crippen LogP contribution in [0, 0.1) is 0 Å². The minimum absolute atomic E-state index is 0.0200. The summed E-state index contributed by atoms with van der Waals surface area (Å²) >= 11 is 0. The van der Waals surface area contributed by atoms with Crippen molar-refractivity contribution >= 4 is 11.6 Å². The fraction of sp³-hybridized carbons (Fsp3) is 0.690. The van der Waals surface area contributed by atoms with Gasteiger partial charge in [-0.2, -0.15) is 0 Å². The summed E-state index contributed by atoms with van der Waals surface area (Å²) in [5.74, 6) is -0.0200. The first kappa shape index (κ1) is 27.5. The molecule has 2 nitrogen and oxygen atoms in total. The van der Waals surface area contributed by atoms with Gasteiger partial charge in [0.1, 0.15) is 0 Å². The first-order chi connectivity index (χ1) is 15.3. The normalized spacial score (nSPS) is 11.3. The van der Waals surface area contributed by atoms with Gasteiger partial charge in [-0.05, 0) is 49.5 Å². The number of rotatable bonds is 20. The molecule has 0 aliphatic heterocycles. The predicted octanol–water partition coefficient (Wildman–Crippen LogP) is 9.40. The van der Waals surface area contributed by atoms with E-state index in [0.717, 1.165) is 18.5 Å². The van der Waals surface area contributed by atoms with Gasteiger partial charge in [-0.15, -0.1) is 0 Å². The molecule has 0 spiro atoms. The predicted molar refractivity (Wildman–Crippen MR) is 138 cm³/mol. The van der Waals surface area contributed by atoms with Crippen molar-refractivity contribution < 1.29 is 4.79 Å². The van der Waals surface area contributed by atoms with Crippen molar-refractivity contribution in [3.05, 3.63) is 42.0 Å². The molecule has 0 unspecified atom stereocenters. The quantitative estimate of drug-likeness (QED) is 0.163. The second-order valence-corrected chi connectivity index (χ2v) is 9.08. The topological polar surface area (TPSA) is 29.1 Å². The minimum atomic E-state index is -0.0200. The van der Waals surface area contributed by atoms with Gasteiger partial charge in [0.25, 0.3) is 0 Å². The summed E-state index contributed by atoms with van der Waals surface area (Å²) in [6, 6.07) is 8.38.